The van der Waals surface area contributed by atoms with Gasteiger partial charge in [0.15, 0.2) is 0 Å². The van der Waals surface area contributed by atoms with E-state index >= 15 is 0 Å². The molecule has 0 bridgehead atoms. The molecular weight excluding hydrogens is 491 g/mol. The van der Waals surface area contributed by atoms with Crippen LogP contribution in [0.4, 0.5) is 0 Å². The van der Waals surface area contributed by atoms with Crippen molar-refractivity contribution in [1.29, 1.82) is 0 Å². The van der Waals surface area contributed by atoms with E-state index in [1.807, 2.05) is 0 Å². The van der Waals surface area contributed by atoms with E-state index in [0.29, 0.717) is 0 Å². The zero-order valence-corrected chi connectivity index (χ0v) is 24.3. The summed E-state index contributed by atoms with van der Waals surface area (Å²) in [6.45, 7) is 16.2. The van der Waals surface area contributed by atoms with Crippen molar-refractivity contribution in [3.8, 4) is 0 Å². The first kappa shape index (κ1) is 25.1. The molecule has 3 aromatic rings. The van der Waals surface area contributed by atoms with E-state index < -0.39 is 18.4 Å². The van der Waals surface area contributed by atoms with Crippen LogP contribution in [0.15, 0.2) is 54.6 Å². The molecule has 0 amide bonds. The number of unbranched alkanes of at least 4 members (excludes halogenated alkanes) is 4. The van der Waals surface area contributed by atoms with Crippen molar-refractivity contribution in [1.82, 2.24) is 0 Å². The van der Waals surface area contributed by atoms with Crippen molar-refractivity contribution in [2.24, 2.45) is 0 Å². The average molecular weight is 533 g/mol. The first-order valence-corrected chi connectivity index (χ1v) is 18.8. The van der Waals surface area contributed by atoms with E-state index in [0.717, 1.165) is 0 Å². The Balaban J connectivity index is 2.35. The van der Waals surface area contributed by atoms with Gasteiger partial charge in [-0.3, -0.25) is 0 Å². The summed E-state index contributed by atoms with van der Waals surface area (Å²) in [4.78, 5) is 0. The Morgan fingerprint density at radius 1 is 0.500 bits per heavy atom. The van der Waals surface area contributed by atoms with Crippen molar-refractivity contribution in [2.45, 2.75) is 85.0 Å². The predicted octanol–water partition coefficient (Wildman–Crippen LogP) is 6.98. The Labute approximate surface area is 201 Å². The van der Waals surface area contributed by atoms with E-state index in [1.165, 1.54) is 69.9 Å². The molecule has 0 saturated carbocycles. The minimum atomic E-state index is -3.28. The summed E-state index contributed by atoms with van der Waals surface area (Å²) in [5, 5.41) is 0. The molecule has 0 saturated heterocycles. The van der Waals surface area contributed by atoms with Gasteiger partial charge in [0.05, 0.1) is 0 Å². The molecule has 1 heteroatoms. The summed E-state index contributed by atoms with van der Waals surface area (Å²) in [6, 6.07) is 21.7. The molecule has 0 N–H and O–H groups in total. The van der Waals surface area contributed by atoms with E-state index in [4.69, 9.17) is 0 Å². The molecule has 0 aliphatic heterocycles. The molecule has 0 aliphatic carbocycles. The summed E-state index contributed by atoms with van der Waals surface area (Å²) in [5.41, 5.74) is 8.65. The molecule has 3 aromatic carbocycles. The van der Waals surface area contributed by atoms with E-state index in [2.05, 4.69) is 103 Å². The van der Waals surface area contributed by atoms with Gasteiger partial charge < -0.3 is 0 Å². The Morgan fingerprint density at radius 3 is 1.25 bits per heavy atom. The summed E-state index contributed by atoms with van der Waals surface area (Å²) >= 11 is -3.28. The summed E-state index contributed by atoms with van der Waals surface area (Å²) in [5.74, 6) is 0. The van der Waals surface area contributed by atoms with Gasteiger partial charge >= 0.3 is 202 Å². The molecule has 0 aliphatic rings. The molecule has 0 aromatic heterocycles. The van der Waals surface area contributed by atoms with Crippen molar-refractivity contribution >= 4 is 29.1 Å². The zero-order chi connectivity index (χ0) is 23.3. The Bertz CT molecular complexity index is 935. The first-order chi connectivity index (χ1) is 15.3. The van der Waals surface area contributed by atoms with Crippen LogP contribution in [0.2, 0.25) is 4.44 Å². The fraction of sp³-hybridized carbons (Fsp3) is 0.419. The fourth-order valence-corrected chi connectivity index (χ4v) is 23.0. The topological polar surface area (TPSA) is 0 Å². The van der Waals surface area contributed by atoms with Crippen LogP contribution in [0.25, 0.3) is 0 Å². The fourth-order valence-electron chi connectivity index (χ4n) is 5.42. The molecule has 0 nitrogen and oxygen atoms in total. The number of hydrogen-bond acceptors (Lipinski definition) is 0. The van der Waals surface area contributed by atoms with Gasteiger partial charge in [-0.2, -0.15) is 0 Å². The summed E-state index contributed by atoms with van der Waals surface area (Å²) < 4.78 is 6.43. The third-order valence-electron chi connectivity index (χ3n) is 7.21. The summed E-state index contributed by atoms with van der Waals surface area (Å²) in [7, 11) is 0. The molecule has 170 valence electrons. The number of rotatable bonds is 9. The summed E-state index contributed by atoms with van der Waals surface area (Å²) in [6.07, 6.45) is 6.72. The molecule has 3 rings (SSSR count). The van der Waals surface area contributed by atoms with Crippen molar-refractivity contribution in [3.63, 3.8) is 0 Å². The third kappa shape index (κ3) is 5.33. The maximum absolute atomic E-state index is 3.28. The van der Waals surface area contributed by atoms with Crippen LogP contribution in [-0.2, 0) is 0 Å². The normalized spacial score (nSPS) is 11.7. The van der Waals surface area contributed by atoms with E-state index in [-0.39, 0.29) is 0 Å². The molecule has 0 fully saturated rings. The van der Waals surface area contributed by atoms with Crippen LogP contribution in [-0.4, -0.2) is 18.4 Å². The molecule has 0 atom stereocenters. The van der Waals surface area contributed by atoms with Gasteiger partial charge in [0.25, 0.3) is 0 Å². The van der Waals surface area contributed by atoms with Crippen LogP contribution in [0.5, 0.6) is 0 Å². The van der Waals surface area contributed by atoms with Gasteiger partial charge in [0.1, 0.15) is 0 Å². The molecular formula is C31H42Sn. The molecule has 0 spiro atoms. The van der Waals surface area contributed by atoms with Gasteiger partial charge in [-0.15, -0.1) is 0 Å². The third-order valence-corrected chi connectivity index (χ3v) is 22.8. The van der Waals surface area contributed by atoms with Crippen LogP contribution in [0.3, 0.4) is 0 Å². The van der Waals surface area contributed by atoms with Gasteiger partial charge in [0.2, 0.25) is 0 Å². The van der Waals surface area contributed by atoms with Crippen molar-refractivity contribution < 1.29 is 0 Å². The van der Waals surface area contributed by atoms with Crippen molar-refractivity contribution in [2.75, 3.05) is 0 Å². The number of benzene rings is 3. The SMILES string of the molecule is CCCCCC[CH2][Sn]([c]1cc(C)ccc1C)([c]1cc(C)ccc1C)[c]1cc(C)ccc1C. The predicted molar refractivity (Wildman–Crippen MR) is 146 cm³/mol. The van der Waals surface area contributed by atoms with E-state index in [1.54, 1.807) is 10.7 Å². The van der Waals surface area contributed by atoms with Gasteiger partial charge in [-0.05, 0) is 0 Å². The second kappa shape index (κ2) is 11.1. The van der Waals surface area contributed by atoms with Crippen LogP contribution >= 0.6 is 0 Å². The standard InChI is InChI=1S/3C8H9.C7H15.Sn/c3*1-7-3-5-8(2)6-4-7;1-3-5-7-6-4-2;/h3*3-5H,1-2H3;1,3-7H2,2H3;. The number of aryl methyl sites for hydroxylation is 6. The van der Waals surface area contributed by atoms with Crippen molar-refractivity contribution in [3.05, 3.63) is 88.0 Å². The molecule has 32 heavy (non-hydrogen) atoms. The Kier molecular flexibility index (Phi) is 8.67. The molecule has 0 radical (unpaired) electrons. The Morgan fingerprint density at radius 2 is 0.875 bits per heavy atom. The van der Waals surface area contributed by atoms with Crippen LogP contribution < -0.4 is 10.7 Å². The monoisotopic (exact) mass is 534 g/mol. The maximum atomic E-state index is 2.56. The number of hydrogen-bond donors (Lipinski definition) is 0. The van der Waals surface area contributed by atoms with Gasteiger partial charge in [-0.1, -0.05) is 0 Å². The van der Waals surface area contributed by atoms with Crippen LogP contribution in [0, 0.1) is 41.5 Å². The van der Waals surface area contributed by atoms with E-state index in [9.17, 15) is 0 Å². The van der Waals surface area contributed by atoms with Gasteiger partial charge in [-0.25, -0.2) is 0 Å². The second-order valence-electron chi connectivity index (χ2n) is 10.0. The first-order valence-electron chi connectivity index (χ1n) is 12.5. The second-order valence-corrected chi connectivity index (χ2v) is 21.2. The minimum absolute atomic E-state index is 1.30. The molecule has 0 heterocycles. The zero-order valence-electron chi connectivity index (χ0n) is 21.4. The average Bonchev–Trinajstić information content (AvgIpc) is 2.77. The van der Waals surface area contributed by atoms with Crippen LogP contribution in [0.1, 0.15) is 72.4 Å². The Hall–Kier alpha value is -1.54. The van der Waals surface area contributed by atoms with Gasteiger partial charge in [0, 0.05) is 0 Å². The quantitative estimate of drug-likeness (QED) is 0.206. The molecule has 0 unspecified atom stereocenters.